The summed E-state index contributed by atoms with van der Waals surface area (Å²) < 4.78 is 26.5. The maximum atomic E-state index is 12.2. The van der Waals surface area contributed by atoms with Crippen LogP contribution in [0.3, 0.4) is 0 Å². The van der Waals surface area contributed by atoms with Gasteiger partial charge < -0.3 is 5.32 Å². The van der Waals surface area contributed by atoms with Gasteiger partial charge in [-0.2, -0.15) is 0 Å². The number of aliphatic imine (C=N–C) groups is 1. The third-order valence-corrected chi connectivity index (χ3v) is 5.64. The number of hydrogen-bond donors (Lipinski definition) is 2. The van der Waals surface area contributed by atoms with Gasteiger partial charge in [0.25, 0.3) is 10.0 Å². The lowest BCUT2D eigenvalue weighted by molar-refractivity contribution is -0.121. The van der Waals surface area contributed by atoms with Gasteiger partial charge in [0.15, 0.2) is 0 Å². The van der Waals surface area contributed by atoms with E-state index in [2.05, 4.69) is 15.0 Å². The van der Waals surface area contributed by atoms with Crippen molar-refractivity contribution in [3.05, 3.63) is 64.7 Å². The highest BCUT2D eigenvalue weighted by molar-refractivity contribution is 7.90. The molecule has 1 heterocycles. The predicted molar refractivity (Wildman–Crippen MR) is 101 cm³/mol. The molecule has 0 saturated carbocycles. The topological polar surface area (TPSA) is 87.6 Å². The van der Waals surface area contributed by atoms with Crippen LogP contribution in [0, 0.1) is 0 Å². The van der Waals surface area contributed by atoms with Crippen LogP contribution in [-0.4, -0.2) is 32.7 Å². The predicted octanol–water partition coefficient (Wildman–Crippen LogP) is 2.13. The minimum Gasteiger partial charge on any atom is -0.354 e. The van der Waals surface area contributed by atoms with Crippen LogP contribution >= 0.6 is 11.6 Å². The van der Waals surface area contributed by atoms with Crippen molar-refractivity contribution in [1.29, 1.82) is 0 Å². The van der Waals surface area contributed by atoms with Crippen molar-refractivity contribution in [2.24, 2.45) is 4.99 Å². The van der Waals surface area contributed by atoms with Crippen molar-refractivity contribution in [3.63, 3.8) is 0 Å². The Morgan fingerprint density at radius 3 is 2.62 bits per heavy atom. The number of carbonyl (C=O) groups is 1. The second-order valence-corrected chi connectivity index (χ2v) is 8.01. The number of amides is 1. The zero-order valence-electron chi connectivity index (χ0n) is 14.1. The van der Waals surface area contributed by atoms with Gasteiger partial charge in [0.05, 0.1) is 4.90 Å². The van der Waals surface area contributed by atoms with Crippen LogP contribution in [0.1, 0.15) is 18.1 Å². The lowest BCUT2D eigenvalue weighted by Crippen LogP contribution is -2.35. The van der Waals surface area contributed by atoms with Crippen LogP contribution in [-0.2, 0) is 21.2 Å². The van der Waals surface area contributed by atoms with Gasteiger partial charge in [0, 0.05) is 17.1 Å². The molecular weight excluding hydrogens is 374 g/mol. The molecule has 2 N–H and O–H groups in total. The molecule has 1 unspecified atom stereocenters. The molecule has 1 aliphatic rings. The molecule has 0 radical (unpaired) electrons. The maximum absolute atomic E-state index is 12.2. The Morgan fingerprint density at radius 2 is 1.88 bits per heavy atom. The van der Waals surface area contributed by atoms with E-state index < -0.39 is 16.1 Å². The quantitative estimate of drug-likeness (QED) is 0.818. The highest BCUT2D eigenvalue weighted by atomic mass is 35.5. The Bertz CT molecular complexity index is 956. The van der Waals surface area contributed by atoms with E-state index in [1.165, 1.54) is 6.07 Å². The lowest BCUT2D eigenvalue weighted by Gasteiger charge is -2.10. The first kappa shape index (κ1) is 18.4. The average Bonchev–Trinajstić information content (AvgIpc) is 2.87. The summed E-state index contributed by atoms with van der Waals surface area (Å²) in [6.45, 7) is 2.08. The first-order valence-electron chi connectivity index (χ1n) is 8.09. The molecule has 6 nitrogen and oxygen atoms in total. The van der Waals surface area contributed by atoms with Crippen molar-refractivity contribution < 1.29 is 13.2 Å². The van der Waals surface area contributed by atoms with Gasteiger partial charge in [-0.25, -0.2) is 8.42 Å². The zero-order valence-corrected chi connectivity index (χ0v) is 15.6. The summed E-state index contributed by atoms with van der Waals surface area (Å²) >= 11 is 5.84. The van der Waals surface area contributed by atoms with Crippen molar-refractivity contribution in [2.45, 2.75) is 24.3 Å². The second kappa shape index (κ2) is 7.47. The first-order valence-corrected chi connectivity index (χ1v) is 9.95. The number of benzene rings is 2. The van der Waals surface area contributed by atoms with E-state index in [1.54, 1.807) is 37.3 Å². The summed E-state index contributed by atoms with van der Waals surface area (Å²) in [5.41, 5.74) is 1.54. The number of halogens is 1. The molecule has 8 heteroatoms. The molecule has 0 fully saturated rings. The fraction of sp³-hybridized carbons (Fsp3) is 0.222. The Morgan fingerprint density at radius 1 is 1.19 bits per heavy atom. The lowest BCUT2D eigenvalue weighted by atomic mass is 10.1. The van der Waals surface area contributed by atoms with Crippen LogP contribution in [0.5, 0.6) is 0 Å². The monoisotopic (exact) mass is 391 g/mol. The van der Waals surface area contributed by atoms with Crippen molar-refractivity contribution >= 4 is 33.4 Å². The molecule has 3 rings (SSSR count). The Labute approximate surface area is 157 Å². The molecule has 26 heavy (non-hydrogen) atoms. The van der Waals surface area contributed by atoms with Gasteiger partial charge in [-0.3, -0.25) is 14.5 Å². The molecule has 0 spiro atoms. The fourth-order valence-electron chi connectivity index (χ4n) is 2.61. The molecule has 0 saturated heterocycles. The largest absolute Gasteiger partial charge is 0.354 e. The van der Waals surface area contributed by atoms with Gasteiger partial charge in [0.1, 0.15) is 11.9 Å². The van der Waals surface area contributed by atoms with Crippen LogP contribution in [0.4, 0.5) is 0 Å². The van der Waals surface area contributed by atoms with Gasteiger partial charge in [-0.15, -0.1) is 0 Å². The summed E-state index contributed by atoms with van der Waals surface area (Å²) in [6, 6.07) is 13.2. The minimum atomic E-state index is -3.61. The summed E-state index contributed by atoms with van der Waals surface area (Å²) in [6.07, 6.45) is 0.668. The Balaban J connectivity index is 1.62. The average molecular weight is 392 g/mol. The van der Waals surface area contributed by atoms with Crippen LogP contribution < -0.4 is 10.0 Å². The van der Waals surface area contributed by atoms with Crippen molar-refractivity contribution in [2.75, 3.05) is 6.54 Å². The number of fused-ring (bicyclic) bond motifs is 1. The van der Waals surface area contributed by atoms with Gasteiger partial charge >= 0.3 is 0 Å². The zero-order chi connectivity index (χ0) is 18.7. The van der Waals surface area contributed by atoms with E-state index in [9.17, 15) is 13.2 Å². The molecule has 2 aromatic rings. The molecule has 0 aliphatic carbocycles. The number of amidine groups is 1. The van der Waals surface area contributed by atoms with Crippen LogP contribution in [0.2, 0.25) is 5.02 Å². The Kier molecular flexibility index (Phi) is 5.29. The summed E-state index contributed by atoms with van der Waals surface area (Å²) in [4.78, 5) is 16.7. The summed E-state index contributed by atoms with van der Waals surface area (Å²) in [5, 5.41) is 3.48. The maximum Gasteiger partial charge on any atom is 0.263 e. The van der Waals surface area contributed by atoms with Gasteiger partial charge in [-0.05, 0) is 43.2 Å². The van der Waals surface area contributed by atoms with E-state index in [0.717, 1.165) is 5.56 Å². The molecule has 1 amide bonds. The standard InChI is InChI=1S/C18H18ClN3O3S/c1-12(18(23)20-11-10-13-6-8-14(19)9-7-13)21-17-15-4-2-3-5-16(15)26(24,25)22-17/h2-9,12H,10-11H2,1H3,(H,20,23)(H,21,22). The third-order valence-electron chi connectivity index (χ3n) is 3.99. The number of rotatable bonds is 5. The number of hydrogen-bond acceptors (Lipinski definition) is 4. The van der Waals surface area contributed by atoms with E-state index in [4.69, 9.17) is 11.6 Å². The number of nitrogens with zero attached hydrogens (tertiary/aromatic N) is 1. The SMILES string of the molecule is CC(N=C1NS(=O)(=O)c2ccccc21)C(=O)NCCc1ccc(Cl)cc1. The van der Waals surface area contributed by atoms with E-state index in [0.29, 0.717) is 23.6 Å². The third kappa shape index (κ3) is 4.05. The first-order chi connectivity index (χ1) is 12.4. The highest BCUT2D eigenvalue weighted by Gasteiger charge is 2.31. The molecule has 1 atom stereocenters. The smallest absolute Gasteiger partial charge is 0.263 e. The molecule has 0 aromatic heterocycles. The fourth-order valence-corrected chi connectivity index (χ4v) is 3.98. The van der Waals surface area contributed by atoms with Crippen LogP contribution in [0.25, 0.3) is 0 Å². The second-order valence-electron chi connectivity index (χ2n) is 5.92. The van der Waals surface area contributed by atoms with Crippen molar-refractivity contribution in [3.8, 4) is 0 Å². The molecular formula is C18H18ClN3O3S. The Hall–Kier alpha value is -2.38. The number of sulfonamides is 1. The van der Waals surface area contributed by atoms with Gasteiger partial charge in [-0.1, -0.05) is 35.9 Å². The molecule has 1 aliphatic heterocycles. The molecule has 0 bridgehead atoms. The number of carbonyl (C=O) groups excluding carboxylic acids is 1. The van der Waals surface area contributed by atoms with Crippen molar-refractivity contribution in [1.82, 2.24) is 10.0 Å². The summed E-state index contributed by atoms with van der Waals surface area (Å²) in [5.74, 6) is -0.0732. The van der Waals surface area contributed by atoms with Gasteiger partial charge in [0.2, 0.25) is 5.91 Å². The minimum absolute atomic E-state index is 0.175. The molecule has 136 valence electrons. The highest BCUT2D eigenvalue weighted by Crippen LogP contribution is 2.22. The summed E-state index contributed by atoms with van der Waals surface area (Å²) in [7, 11) is -3.61. The van der Waals surface area contributed by atoms with E-state index in [-0.39, 0.29) is 16.6 Å². The molecule has 2 aromatic carbocycles. The van der Waals surface area contributed by atoms with E-state index >= 15 is 0 Å². The van der Waals surface area contributed by atoms with Crippen LogP contribution in [0.15, 0.2) is 58.4 Å². The van der Waals surface area contributed by atoms with E-state index in [1.807, 2.05) is 12.1 Å². The normalized spacial score (nSPS) is 17.4. The number of nitrogens with one attached hydrogen (secondary N) is 2.